The minimum absolute atomic E-state index is 0.00969. The van der Waals surface area contributed by atoms with E-state index < -0.39 is 12.5 Å². The first-order chi connectivity index (χ1) is 6.74. The summed E-state index contributed by atoms with van der Waals surface area (Å²) in [6, 6.07) is 8.68. The molecule has 0 saturated carbocycles. The predicted octanol–water partition coefficient (Wildman–Crippen LogP) is 2.19. The molecule has 2 nitrogen and oxygen atoms in total. The lowest BCUT2D eigenvalue weighted by atomic mass is 10.1. The number of halogens is 1. The number of hydrogen-bond donors (Lipinski definition) is 0. The average molecular weight is 194 g/mol. The maximum Gasteiger partial charge on any atom is 0.164 e. The number of carbonyl (C=O) groups excluding carboxylic acids is 2. The maximum absolute atomic E-state index is 11.8. The van der Waals surface area contributed by atoms with Gasteiger partial charge in [0.15, 0.2) is 11.6 Å². The number of Topliss-reactive ketones (excluding diaryl/α,β-unsaturated/α-hetero) is 2. The molecule has 0 radical (unpaired) electrons. The number of carbonyl (C=O) groups is 2. The molecule has 0 aromatic heterocycles. The van der Waals surface area contributed by atoms with Crippen LogP contribution in [0.4, 0.5) is 4.39 Å². The molecule has 1 aromatic carbocycles. The van der Waals surface area contributed by atoms with Gasteiger partial charge >= 0.3 is 0 Å². The summed E-state index contributed by atoms with van der Waals surface area (Å²) in [7, 11) is 0. The summed E-state index contributed by atoms with van der Waals surface area (Å²) in [4.78, 5) is 22.0. The molecule has 0 spiro atoms. The number of hydrogen-bond acceptors (Lipinski definition) is 2. The fourth-order valence-corrected chi connectivity index (χ4v) is 1.09. The lowest BCUT2D eigenvalue weighted by Crippen LogP contribution is -2.05. The van der Waals surface area contributed by atoms with Gasteiger partial charge in [-0.2, -0.15) is 0 Å². The molecule has 0 atom stereocenters. The number of rotatable bonds is 5. The SMILES string of the molecule is O=C(CF)CCC(=O)c1ccccc1. The van der Waals surface area contributed by atoms with Crippen molar-refractivity contribution >= 4 is 11.6 Å². The Bertz CT molecular complexity index is 319. The monoisotopic (exact) mass is 194 g/mol. The lowest BCUT2D eigenvalue weighted by Gasteiger charge is -1.98. The van der Waals surface area contributed by atoms with E-state index in [1.54, 1.807) is 24.3 Å². The Balaban J connectivity index is 2.48. The van der Waals surface area contributed by atoms with Crippen molar-refractivity contribution in [2.45, 2.75) is 12.8 Å². The van der Waals surface area contributed by atoms with Crippen molar-refractivity contribution in [2.75, 3.05) is 6.67 Å². The fraction of sp³-hybridized carbons (Fsp3) is 0.273. The first kappa shape index (κ1) is 10.6. The summed E-state index contributed by atoms with van der Waals surface area (Å²) in [6.45, 7) is -0.984. The second-order valence-corrected chi connectivity index (χ2v) is 2.96. The van der Waals surface area contributed by atoms with Gasteiger partial charge in [0.1, 0.15) is 6.67 Å². The standard InChI is InChI=1S/C11H11FO2/c12-8-10(13)6-7-11(14)9-4-2-1-3-5-9/h1-5H,6-8H2. The topological polar surface area (TPSA) is 34.1 Å². The number of benzene rings is 1. The van der Waals surface area contributed by atoms with Gasteiger partial charge in [-0.05, 0) is 0 Å². The third-order valence-electron chi connectivity index (χ3n) is 1.88. The van der Waals surface area contributed by atoms with Gasteiger partial charge in [0.2, 0.25) is 0 Å². The zero-order valence-corrected chi connectivity index (χ0v) is 7.70. The van der Waals surface area contributed by atoms with Crippen LogP contribution in [0.3, 0.4) is 0 Å². The highest BCUT2D eigenvalue weighted by Gasteiger charge is 2.08. The number of ketones is 2. The van der Waals surface area contributed by atoms with Crippen LogP contribution < -0.4 is 0 Å². The van der Waals surface area contributed by atoms with Crippen LogP contribution in [0.2, 0.25) is 0 Å². The molecule has 0 aliphatic rings. The Morgan fingerprint density at radius 3 is 2.29 bits per heavy atom. The summed E-state index contributed by atoms with van der Waals surface area (Å²) in [5.74, 6) is -0.637. The van der Waals surface area contributed by atoms with Crippen molar-refractivity contribution in [3.05, 3.63) is 35.9 Å². The predicted molar refractivity (Wildman–Crippen MR) is 51.0 cm³/mol. The molecule has 0 N–H and O–H groups in total. The van der Waals surface area contributed by atoms with Crippen LogP contribution in [0, 0.1) is 0 Å². The van der Waals surface area contributed by atoms with Crippen LogP contribution in [0.5, 0.6) is 0 Å². The first-order valence-corrected chi connectivity index (χ1v) is 4.40. The van der Waals surface area contributed by atoms with Crippen LogP contribution in [0.1, 0.15) is 23.2 Å². The largest absolute Gasteiger partial charge is 0.297 e. The minimum Gasteiger partial charge on any atom is -0.297 e. The molecule has 0 amide bonds. The minimum atomic E-state index is -0.984. The van der Waals surface area contributed by atoms with Gasteiger partial charge in [-0.1, -0.05) is 30.3 Å². The Morgan fingerprint density at radius 2 is 1.71 bits per heavy atom. The third kappa shape index (κ3) is 3.09. The summed E-state index contributed by atoms with van der Waals surface area (Å²) in [6.07, 6.45) is 0.0804. The van der Waals surface area contributed by atoms with E-state index in [9.17, 15) is 14.0 Å². The van der Waals surface area contributed by atoms with Crippen LogP contribution in [0.15, 0.2) is 30.3 Å². The van der Waals surface area contributed by atoms with Crippen LogP contribution >= 0.6 is 0 Å². The third-order valence-corrected chi connectivity index (χ3v) is 1.88. The summed E-state index contributed by atoms with van der Waals surface area (Å²) in [5.41, 5.74) is 0.569. The van der Waals surface area contributed by atoms with Gasteiger partial charge in [0.25, 0.3) is 0 Å². The maximum atomic E-state index is 11.8. The molecule has 0 unspecified atom stereocenters. The van der Waals surface area contributed by atoms with E-state index in [0.29, 0.717) is 5.56 Å². The van der Waals surface area contributed by atoms with Crippen molar-refractivity contribution in [3.63, 3.8) is 0 Å². The van der Waals surface area contributed by atoms with Gasteiger partial charge in [0, 0.05) is 18.4 Å². The van der Waals surface area contributed by atoms with Gasteiger partial charge in [-0.3, -0.25) is 9.59 Å². The molecule has 0 fully saturated rings. The fourth-order valence-electron chi connectivity index (χ4n) is 1.09. The van der Waals surface area contributed by atoms with Crippen molar-refractivity contribution < 1.29 is 14.0 Å². The Kier molecular flexibility index (Phi) is 3.98. The van der Waals surface area contributed by atoms with E-state index in [-0.39, 0.29) is 18.6 Å². The number of alkyl halides is 1. The smallest absolute Gasteiger partial charge is 0.164 e. The van der Waals surface area contributed by atoms with Crippen LogP contribution in [-0.2, 0) is 4.79 Å². The molecular formula is C11H11FO2. The average Bonchev–Trinajstić information content (AvgIpc) is 2.26. The summed E-state index contributed by atoms with van der Waals surface area (Å²) < 4.78 is 11.8. The van der Waals surface area contributed by atoms with Crippen LogP contribution in [0.25, 0.3) is 0 Å². The highest BCUT2D eigenvalue weighted by molar-refractivity contribution is 5.98. The highest BCUT2D eigenvalue weighted by atomic mass is 19.1. The molecular weight excluding hydrogens is 183 g/mol. The van der Waals surface area contributed by atoms with Crippen molar-refractivity contribution in [1.29, 1.82) is 0 Å². The molecule has 0 heterocycles. The van der Waals surface area contributed by atoms with E-state index in [4.69, 9.17) is 0 Å². The quantitative estimate of drug-likeness (QED) is 0.673. The van der Waals surface area contributed by atoms with E-state index in [0.717, 1.165) is 0 Å². The Hall–Kier alpha value is -1.51. The van der Waals surface area contributed by atoms with E-state index in [1.165, 1.54) is 0 Å². The summed E-state index contributed by atoms with van der Waals surface area (Å²) >= 11 is 0. The Labute approximate surface area is 81.7 Å². The second kappa shape index (κ2) is 5.27. The highest BCUT2D eigenvalue weighted by Crippen LogP contribution is 2.05. The van der Waals surface area contributed by atoms with Crippen molar-refractivity contribution in [3.8, 4) is 0 Å². The molecule has 0 aliphatic heterocycles. The van der Waals surface area contributed by atoms with Gasteiger partial charge in [-0.25, -0.2) is 4.39 Å². The molecule has 1 rings (SSSR count). The van der Waals surface area contributed by atoms with Gasteiger partial charge < -0.3 is 0 Å². The molecule has 0 saturated heterocycles. The normalized spacial score (nSPS) is 9.79. The van der Waals surface area contributed by atoms with Gasteiger partial charge in [0.05, 0.1) is 0 Å². The van der Waals surface area contributed by atoms with E-state index >= 15 is 0 Å². The van der Waals surface area contributed by atoms with E-state index in [2.05, 4.69) is 0 Å². The molecule has 1 aromatic rings. The zero-order chi connectivity index (χ0) is 10.4. The van der Waals surface area contributed by atoms with Crippen molar-refractivity contribution in [1.82, 2.24) is 0 Å². The second-order valence-electron chi connectivity index (χ2n) is 2.96. The molecule has 0 aliphatic carbocycles. The Morgan fingerprint density at radius 1 is 1.07 bits per heavy atom. The van der Waals surface area contributed by atoms with Crippen molar-refractivity contribution in [2.24, 2.45) is 0 Å². The molecule has 0 bridgehead atoms. The van der Waals surface area contributed by atoms with Gasteiger partial charge in [-0.15, -0.1) is 0 Å². The van der Waals surface area contributed by atoms with Crippen LogP contribution in [-0.4, -0.2) is 18.2 Å². The molecule has 14 heavy (non-hydrogen) atoms. The lowest BCUT2D eigenvalue weighted by molar-refractivity contribution is -0.119. The zero-order valence-electron chi connectivity index (χ0n) is 7.70. The molecule has 74 valence electrons. The molecule has 3 heteroatoms. The van der Waals surface area contributed by atoms with E-state index in [1.807, 2.05) is 6.07 Å². The summed E-state index contributed by atoms with van der Waals surface area (Å²) in [5, 5.41) is 0. The first-order valence-electron chi connectivity index (χ1n) is 4.40.